The molecule has 1 amide bonds. The highest BCUT2D eigenvalue weighted by molar-refractivity contribution is 5.94. The van der Waals surface area contributed by atoms with E-state index in [-0.39, 0.29) is 12.0 Å². The molecule has 0 atom stereocenters. The molecule has 1 N–H and O–H groups in total. The third-order valence-corrected chi connectivity index (χ3v) is 5.50. The molecule has 166 valence electrons. The van der Waals surface area contributed by atoms with Gasteiger partial charge < -0.3 is 15.0 Å². The molecule has 6 nitrogen and oxygen atoms in total. The molecular weight excluding hydrogens is 400 g/mol. The van der Waals surface area contributed by atoms with Gasteiger partial charge in [0, 0.05) is 43.2 Å². The second kappa shape index (κ2) is 10.3. The number of hydrogen-bond acceptors (Lipinski definition) is 5. The normalized spacial score (nSPS) is 13.8. The summed E-state index contributed by atoms with van der Waals surface area (Å²) < 4.78 is 5.66. The number of nitrogens with one attached hydrogen (secondary N) is 1. The molecule has 2 heterocycles. The summed E-state index contributed by atoms with van der Waals surface area (Å²) in [4.78, 5) is 24.1. The van der Waals surface area contributed by atoms with Crippen LogP contribution < -0.4 is 15.0 Å². The summed E-state index contributed by atoms with van der Waals surface area (Å²) in [7, 11) is 0. The van der Waals surface area contributed by atoms with Gasteiger partial charge in [-0.15, -0.1) is 0 Å². The van der Waals surface area contributed by atoms with Gasteiger partial charge in [-0.25, -0.2) is 4.98 Å². The van der Waals surface area contributed by atoms with Crippen molar-refractivity contribution in [1.29, 1.82) is 0 Å². The summed E-state index contributed by atoms with van der Waals surface area (Å²) in [6, 6.07) is 15.4. The molecule has 0 spiro atoms. The number of piperidine rings is 1. The second-order valence-corrected chi connectivity index (χ2v) is 8.35. The van der Waals surface area contributed by atoms with Gasteiger partial charge in [0.15, 0.2) is 5.82 Å². The first-order chi connectivity index (χ1) is 15.6. The Morgan fingerprint density at radius 1 is 0.969 bits per heavy atom. The molecule has 1 aliphatic rings. The molecule has 1 fully saturated rings. The van der Waals surface area contributed by atoms with Gasteiger partial charge in [0.25, 0.3) is 5.91 Å². The van der Waals surface area contributed by atoms with Crippen molar-refractivity contribution >= 4 is 11.7 Å². The highest BCUT2D eigenvalue weighted by Gasteiger charge is 2.18. The van der Waals surface area contributed by atoms with Crippen molar-refractivity contribution in [3.05, 3.63) is 72.1 Å². The maximum atomic E-state index is 12.6. The Bertz CT molecular complexity index is 1030. The van der Waals surface area contributed by atoms with Crippen LogP contribution in [0.2, 0.25) is 0 Å². The van der Waals surface area contributed by atoms with E-state index in [1.54, 1.807) is 12.4 Å². The number of nitrogens with zero attached hydrogens (tertiary/aromatic N) is 3. The fourth-order valence-corrected chi connectivity index (χ4v) is 3.89. The van der Waals surface area contributed by atoms with Crippen molar-refractivity contribution in [3.8, 4) is 17.0 Å². The van der Waals surface area contributed by atoms with E-state index in [0.29, 0.717) is 12.1 Å². The summed E-state index contributed by atoms with van der Waals surface area (Å²) in [5.41, 5.74) is 3.48. The van der Waals surface area contributed by atoms with E-state index in [2.05, 4.69) is 20.2 Å². The van der Waals surface area contributed by atoms with E-state index in [1.807, 2.05) is 62.4 Å². The molecule has 1 saturated heterocycles. The van der Waals surface area contributed by atoms with Crippen molar-refractivity contribution < 1.29 is 9.53 Å². The summed E-state index contributed by atoms with van der Waals surface area (Å²) >= 11 is 0. The Morgan fingerprint density at radius 3 is 2.34 bits per heavy atom. The first-order valence-corrected chi connectivity index (χ1v) is 11.3. The molecule has 1 aromatic heterocycles. The zero-order valence-corrected chi connectivity index (χ0v) is 18.8. The van der Waals surface area contributed by atoms with E-state index in [0.717, 1.165) is 41.5 Å². The second-order valence-electron chi connectivity index (χ2n) is 8.35. The molecular formula is C26H30N4O2. The van der Waals surface area contributed by atoms with Gasteiger partial charge >= 0.3 is 0 Å². The number of anilines is 1. The SMILES string of the molecule is CC(C)Oc1ccc(CNC(=O)c2ccc(-c3nccnc3N3CCCCC3)cc2)cc1. The van der Waals surface area contributed by atoms with Crippen molar-refractivity contribution in [2.24, 2.45) is 0 Å². The van der Waals surface area contributed by atoms with Crippen molar-refractivity contribution in [3.63, 3.8) is 0 Å². The number of aromatic nitrogens is 2. The van der Waals surface area contributed by atoms with E-state index in [9.17, 15) is 4.79 Å². The van der Waals surface area contributed by atoms with Crippen molar-refractivity contribution in [1.82, 2.24) is 15.3 Å². The zero-order chi connectivity index (χ0) is 22.3. The van der Waals surface area contributed by atoms with Gasteiger partial charge in [-0.05, 0) is 62.9 Å². The third kappa shape index (κ3) is 5.44. The largest absolute Gasteiger partial charge is 0.491 e. The Morgan fingerprint density at radius 2 is 1.66 bits per heavy atom. The molecule has 2 aromatic carbocycles. The smallest absolute Gasteiger partial charge is 0.251 e. The molecule has 0 radical (unpaired) electrons. The Kier molecular flexibility index (Phi) is 7.00. The van der Waals surface area contributed by atoms with E-state index < -0.39 is 0 Å². The van der Waals surface area contributed by atoms with Crippen LogP contribution in [0.25, 0.3) is 11.3 Å². The van der Waals surface area contributed by atoms with Gasteiger partial charge in [-0.1, -0.05) is 24.3 Å². The lowest BCUT2D eigenvalue weighted by Crippen LogP contribution is -2.30. The number of amides is 1. The highest BCUT2D eigenvalue weighted by Crippen LogP contribution is 2.28. The number of ether oxygens (including phenoxy) is 1. The average Bonchev–Trinajstić information content (AvgIpc) is 2.84. The minimum atomic E-state index is -0.102. The summed E-state index contributed by atoms with van der Waals surface area (Å²) in [6.45, 7) is 6.48. The van der Waals surface area contributed by atoms with Crippen LogP contribution in [0.3, 0.4) is 0 Å². The van der Waals surface area contributed by atoms with Gasteiger partial charge in [-0.2, -0.15) is 0 Å². The van der Waals surface area contributed by atoms with Crippen LogP contribution in [0.5, 0.6) is 5.75 Å². The fraction of sp³-hybridized carbons (Fsp3) is 0.346. The molecule has 0 unspecified atom stereocenters. The van der Waals surface area contributed by atoms with Gasteiger partial charge in [0.05, 0.1) is 6.10 Å². The van der Waals surface area contributed by atoms with E-state index >= 15 is 0 Å². The van der Waals surface area contributed by atoms with Crippen molar-refractivity contribution in [2.45, 2.75) is 45.8 Å². The van der Waals surface area contributed by atoms with Crippen LogP contribution in [-0.2, 0) is 6.54 Å². The van der Waals surface area contributed by atoms with Crippen LogP contribution in [-0.4, -0.2) is 35.1 Å². The fourth-order valence-electron chi connectivity index (χ4n) is 3.89. The van der Waals surface area contributed by atoms with Gasteiger partial charge in [0.1, 0.15) is 11.4 Å². The predicted molar refractivity (Wildman–Crippen MR) is 127 cm³/mol. The number of hydrogen-bond donors (Lipinski definition) is 1. The maximum absolute atomic E-state index is 12.6. The predicted octanol–water partition coefficient (Wildman–Crippen LogP) is 4.85. The first kappa shape index (κ1) is 21.8. The standard InChI is InChI=1S/C26H30N4O2/c1-19(2)32-23-12-6-20(7-13-23)18-29-26(31)22-10-8-21(9-11-22)24-25(28-15-14-27-24)30-16-4-3-5-17-30/h6-15,19H,3-5,16-18H2,1-2H3,(H,29,31). The van der Waals surface area contributed by atoms with Crippen LogP contribution in [0.1, 0.15) is 49.0 Å². The Labute approximate surface area is 189 Å². The lowest BCUT2D eigenvalue weighted by Gasteiger charge is -2.28. The molecule has 32 heavy (non-hydrogen) atoms. The summed E-state index contributed by atoms with van der Waals surface area (Å²) in [6.07, 6.45) is 7.25. The van der Waals surface area contributed by atoms with Gasteiger partial charge in [0.2, 0.25) is 0 Å². The lowest BCUT2D eigenvalue weighted by molar-refractivity contribution is 0.0951. The Hall–Kier alpha value is -3.41. The number of carbonyl (C=O) groups is 1. The Balaban J connectivity index is 1.40. The molecule has 0 saturated carbocycles. The topological polar surface area (TPSA) is 67.3 Å². The van der Waals surface area contributed by atoms with E-state index in [1.165, 1.54) is 19.3 Å². The van der Waals surface area contributed by atoms with Crippen LogP contribution in [0.15, 0.2) is 60.9 Å². The average molecular weight is 431 g/mol. The minimum absolute atomic E-state index is 0.102. The van der Waals surface area contributed by atoms with Crippen LogP contribution in [0.4, 0.5) is 5.82 Å². The molecule has 6 heteroatoms. The minimum Gasteiger partial charge on any atom is -0.491 e. The third-order valence-electron chi connectivity index (χ3n) is 5.50. The van der Waals surface area contributed by atoms with Crippen LogP contribution in [0, 0.1) is 0 Å². The first-order valence-electron chi connectivity index (χ1n) is 11.3. The molecule has 4 rings (SSSR count). The zero-order valence-electron chi connectivity index (χ0n) is 18.8. The van der Waals surface area contributed by atoms with Crippen molar-refractivity contribution in [2.75, 3.05) is 18.0 Å². The molecule has 0 aliphatic carbocycles. The van der Waals surface area contributed by atoms with Gasteiger partial charge in [-0.3, -0.25) is 9.78 Å². The van der Waals surface area contributed by atoms with Crippen LogP contribution >= 0.6 is 0 Å². The monoisotopic (exact) mass is 430 g/mol. The number of carbonyl (C=O) groups excluding carboxylic acids is 1. The summed E-state index contributed by atoms with van der Waals surface area (Å²) in [5, 5.41) is 2.98. The molecule has 1 aliphatic heterocycles. The lowest BCUT2D eigenvalue weighted by atomic mass is 10.1. The highest BCUT2D eigenvalue weighted by atomic mass is 16.5. The number of rotatable bonds is 7. The molecule has 3 aromatic rings. The quantitative estimate of drug-likeness (QED) is 0.580. The molecule has 0 bridgehead atoms. The number of benzene rings is 2. The summed E-state index contributed by atoms with van der Waals surface area (Å²) in [5.74, 6) is 1.65. The maximum Gasteiger partial charge on any atom is 0.251 e. The van der Waals surface area contributed by atoms with E-state index in [4.69, 9.17) is 4.74 Å².